The fourth-order valence-corrected chi connectivity index (χ4v) is 12.6. The molecule has 3 fully saturated rings. The number of pyridine rings is 1. The number of amides is 2. The van der Waals surface area contributed by atoms with E-state index in [0.29, 0.717) is 24.0 Å². The van der Waals surface area contributed by atoms with Gasteiger partial charge in [-0.2, -0.15) is 0 Å². The second-order valence-corrected chi connectivity index (χ2v) is 23.3. The van der Waals surface area contributed by atoms with E-state index in [0.717, 1.165) is 12.8 Å². The number of allylic oxidation sites excluding steroid dienone is 4. The number of phenols is 1. The van der Waals surface area contributed by atoms with Gasteiger partial charge in [0.25, 0.3) is 11.7 Å². The average molecular weight is 1170 g/mol. The van der Waals surface area contributed by atoms with E-state index >= 15 is 14.0 Å². The maximum atomic E-state index is 16.0. The number of ether oxygens (including phenoxy) is 5. The zero-order valence-corrected chi connectivity index (χ0v) is 49.2. The quantitative estimate of drug-likeness (QED) is 0.145. The van der Waals surface area contributed by atoms with Gasteiger partial charge < -0.3 is 64.0 Å². The summed E-state index contributed by atoms with van der Waals surface area (Å²) in [6, 6.07) is 0.963. The number of aliphatic hydroxyl groups excluding tert-OH is 2. The number of esters is 1. The van der Waals surface area contributed by atoms with E-state index in [1.54, 1.807) is 68.8 Å². The second kappa shape index (κ2) is 24.4. The Bertz CT molecular complexity index is 3360. The van der Waals surface area contributed by atoms with E-state index in [4.69, 9.17) is 40.3 Å². The van der Waals surface area contributed by atoms with Crippen molar-refractivity contribution in [2.75, 3.05) is 57.9 Å². The predicted octanol–water partition coefficient (Wildman–Crippen LogP) is 6.43. The van der Waals surface area contributed by atoms with Gasteiger partial charge in [-0.1, -0.05) is 57.5 Å². The van der Waals surface area contributed by atoms with Crippen LogP contribution in [0.15, 0.2) is 69.6 Å². The lowest BCUT2D eigenvalue weighted by atomic mass is 9.78. The molecule has 1 saturated carbocycles. The number of anilines is 1. The molecule has 0 radical (unpaired) electrons. The molecule has 22 heteroatoms. The molecule has 2 aliphatic carbocycles. The van der Waals surface area contributed by atoms with Gasteiger partial charge in [0.05, 0.1) is 76.1 Å². The Balaban J connectivity index is 1.08. The molecule has 10 rings (SSSR count). The first kappa shape index (κ1) is 60.7. The van der Waals surface area contributed by atoms with Crippen molar-refractivity contribution in [3.05, 3.63) is 109 Å². The van der Waals surface area contributed by atoms with Crippen molar-refractivity contribution in [1.82, 2.24) is 20.1 Å². The fraction of sp³-hybridized carbons (Fsp3) is 0.525. The molecule has 1 unspecified atom stereocenters. The van der Waals surface area contributed by atoms with E-state index < -0.39 is 106 Å². The van der Waals surface area contributed by atoms with E-state index in [9.17, 15) is 34.5 Å². The molecule has 6 heterocycles. The maximum Gasteiger partial charge on any atom is 0.302 e. The van der Waals surface area contributed by atoms with Gasteiger partial charge in [-0.15, -0.1) is 0 Å². The zero-order valence-electron chi connectivity index (χ0n) is 48.5. The number of fused-ring (bicyclic) bond motifs is 15. The maximum absolute atomic E-state index is 16.0. The van der Waals surface area contributed by atoms with Crippen LogP contribution in [0.5, 0.6) is 11.5 Å². The van der Waals surface area contributed by atoms with Crippen LogP contribution in [0.3, 0.4) is 0 Å². The van der Waals surface area contributed by atoms with Gasteiger partial charge in [-0.3, -0.25) is 33.8 Å². The van der Waals surface area contributed by atoms with Gasteiger partial charge in [0.2, 0.25) is 17.5 Å². The standard InChI is InChI=1S/C61H74ClFN6O14/c1-29-12-11-13-30(2)60(78)66-47-50(67-21-24-80-25-22-67)56(77)43-44(55(47)76)54(75)35(7)58-45(43)59(61(9,83-58)81-23-18-41(79-10)32(4)57(82-36(8)70)34(6)53(74)33(5)51(29)72)64-19-16-42(71)65-37-17-20-68(28-37)49-40(63)26-39-48(46(49)62)69(38-14-15-38)27-31(3)52(39)73/h11-13,18,23,26-27,29,32-34,37-38,41,51,53,57,72,74-75H,14-17,19-22,24-25,28H2,1-10H3,(H,65,71)(H,66,78)/b12-11+,23-18+,30-13-,64-59?/t29-,32+,33+,34+,37?,41-,51-,53+,57+,61-/m0/s1. The Morgan fingerprint density at radius 2 is 1.65 bits per heavy atom. The monoisotopic (exact) mass is 1170 g/mol. The van der Waals surface area contributed by atoms with Crippen molar-refractivity contribution < 1.29 is 67.4 Å². The number of Topliss-reactive ketones (excluding diaryl/α,β-unsaturated/α-hetero) is 2. The highest BCUT2D eigenvalue weighted by molar-refractivity contribution is 6.38. The van der Waals surface area contributed by atoms with E-state index in [1.165, 1.54) is 53.2 Å². The molecule has 3 aromatic rings. The molecule has 446 valence electrons. The third-order valence-electron chi connectivity index (χ3n) is 17.1. The first-order chi connectivity index (χ1) is 39.4. The molecule has 2 saturated heterocycles. The summed E-state index contributed by atoms with van der Waals surface area (Å²) in [6.45, 7) is 15.4. The van der Waals surface area contributed by atoms with Gasteiger partial charge in [0, 0.05) is 119 Å². The Morgan fingerprint density at radius 1 is 0.940 bits per heavy atom. The van der Waals surface area contributed by atoms with Crippen LogP contribution < -0.4 is 25.7 Å². The highest BCUT2D eigenvalue weighted by Gasteiger charge is 2.52. The number of aromatic nitrogens is 1. The van der Waals surface area contributed by atoms with Gasteiger partial charge in [-0.25, -0.2) is 4.39 Å². The SMILES string of the molecule is CO[C@H]1/C=C/O[C@@]2(C)Oc3c(C)c(O)c4c(c3C2=NCCC(=O)NC2CCN(c3c(F)cc5c(=O)c(C)cn(C6CC6)c5c3Cl)C2)C(=O)C(N2CCOCC2)=C(NC(=O)/C(C)=C\C=C\[C@H](C)[C@H](O)[C@@H](C)[C@@H](O)[C@@H](C)[C@H](OC(C)=O)[C@@H]1C)C4=O. The number of hydrogen-bond acceptors (Lipinski definition) is 17. The molecular weight excluding hydrogens is 1100 g/mol. The highest BCUT2D eigenvalue weighted by Crippen LogP contribution is 2.50. The molecule has 5 bridgehead atoms. The third-order valence-corrected chi connectivity index (χ3v) is 17.4. The number of halogens is 2. The van der Waals surface area contributed by atoms with Gasteiger partial charge in [-0.05, 0) is 52.2 Å². The topological polar surface area (TPSA) is 257 Å². The first-order valence-corrected chi connectivity index (χ1v) is 28.7. The minimum atomic E-state index is -1.94. The highest BCUT2D eigenvalue weighted by atomic mass is 35.5. The van der Waals surface area contributed by atoms with Gasteiger partial charge >= 0.3 is 5.97 Å². The van der Waals surface area contributed by atoms with Crippen molar-refractivity contribution in [1.29, 1.82) is 0 Å². The summed E-state index contributed by atoms with van der Waals surface area (Å²) >= 11 is 7.00. The Morgan fingerprint density at radius 3 is 2.33 bits per heavy atom. The molecule has 2 aromatic carbocycles. The summed E-state index contributed by atoms with van der Waals surface area (Å²) < 4.78 is 48.5. The number of aliphatic imine (C=N–C) groups is 1. The first-order valence-electron chi connectivity index (χ1n) is 28.3. The number of hydrogen-bond donors (Lipinski definition) is 5. The second-order valence-electron chi connectivity index (χ2n) is 23.0. The van der Waals surface area contributed by atoms with Crippen molar-refractivity contribution >= 4 is 63.3 Å². The van der Waals surface area contributed by atoms with Crippen molar-refractivity contribution in [2.24, 2.45) is 28.7 Å². The summed E-state index contributed by atoms with van der Waals surface area (Å²) in [5.41, 5.74) is -0.227. The number of morpholine rings is 1. The van der Waals surface area contributed by atoms with E-state index in [1.807, 2.05) is 4.57 Å². The van der Waals surface area contributed by atoms with Gasteiger partial charge in [0.1, 0.15) is 40.5 Å². The predicted molar refractivity (Wildman–Crippen MR) is 307 cm³/mol. The number of phenolic OH excluding ortho intramolecular Hbond substituents is 1. The number of carbonyl (C=O) groups excluding carboxylic acids is 5. The molecule has 83 heavy (non-hydrogen) atoms. The number of methoxy groups -OCH3 is 1. The number of aryl methyl sites for hydroxylation is 1. The number of nitrogens with one attached hydrogen (secondary N) is 2. The Kier molecular flexibility index (Phi) is 17.8. The number of ketones is 2. The summed E-state index contributed by atoms with van der Waals surface area (Å²) in [6.07, 6.45) is 7.26. The fourth-order valence-electron chi connectivity index (χ4n) is 12.2. The van der Waals surface area contributed by atoms with Crippen molar-refractivity contribution in [2.45, 2.75) is 130 Å². The largest absolute Gasteiger partial charge is 0.507 e. The Labute approximate surface area is 485 Å². The molecule has 2 amide bonds. The summed E-state index contributed by atoms with van der Waals surface area (Å²) in [7, 11) is 1.44. The molecule has 1 aromatic heterocycles. The lowest BCUT2D eigenvalue weighted by molar-refractivity contribution is -0.160. The Hall–Kier alpha value is -6.91. The minimum absolute atomic E-state index is 0.0135. The summed E-state index contributed by atoms with van der Waals surface area (Å²) in [4.78, 5) is 92.9. The summed E-state index contributed by atoms with van der Waals surface area (Å²) in [5, 5.41) is 41.4. The lowest BCUT2D eigenvalue weighted by Crippen LogP contribution is -2.46. The van der Waals surface area contributed by atoms with Crippen LogP contribution >= 0.6 is 11.6 Å². The van der Waals surface area contributed by atoms with E-state index in [2.05, 4.69) is 10.6 Å². The molecule has 7 aliphatic rings. The number of aromatic hydroxyl groups is 1. The number of aliphatic hydroxyl groups is 2. The van der Waals surface area contributed by atoms with Crippen LogP contribution in [-0.2, 0) is 33.3 Å². The smallest absolute Gasteiger partial charge is 0.302 e. The van der Waals surface area contributed by atoms with Crippen LogP contribution in [0.25, 0.3) is 10.9 Å². The number of carbonyl (C=O) groups is 5. The minimum Gasteiger partial charge on any atom is -0.507 e. The molecular formula is C61H74ClFN6O14. The van der Waals surface area contributed by atoms with Crippen LogP contribution in [-0.4, -0.2) is 149 Å². The molecule has 20 nitrogen and oxygen atoms in total. The number of rotatable bonds is 9. The molecule has 0 spiro atoms. The van der Waals surface area contributed by atoms with Crippen molar-refractivity contribution in [3.8, 4) is 11.5 Å². The van der Waals surface area contributed by atoms with Crippen molar-refractivity contribution in [3.63, 3.8) is 0 Å². The van der Waals surface area contributed by atoms with Crippen LogP contribution in [0, 0.1) is 43.3 Å². The average Bonchev–Trinajstić information content (AvgIpc) is 1.90. The normalized spacial score (nSPS) is 30.0. The number of nitrogens with zero attached hydrogens (tertiary/aromatic N) is 4. The summed E-state index contributed by atoms with van der Waals surface area (Å²) in [5.74, 6) is -9.28. The number of benzene rings is 2. The molecule has 5 N–H and O–H groups in total. The lowest BCUT2D eigenvalue weighted by Gasteiger charge is -2.38. The van der Waals surface area contributed by atoms with E-state index in [-0.39, 0.29) is 118 Å². The molecule has 10 atom stereocenters. The van der Waals surface area contributed by atoms with Crippen LogP contribution in [0.1, 0.15) is 118 Å². The zero-order chi connectivity index (χ0) is 60.1. The molecule has 5 aliphatic heterocycles. The third kappa shape index (κ3) is 11.7. The van der Waals surface area contributed by atoms with Gasteiger partial charge in [0.15, 0.2) is 5.43 Å². The van der Waals surface area contributed by atoms with Crippen LogP contribution in [0.2, 0.25) is 5.02 Å². The van der Waals surface area contributed by atoms with Crippen LogP contribution in [0.4, 0.5) is 10.1 Å².